The van der Waals surface area contributed by atoms with Gasteiger partial charge in [-0.25, -0.2) is 0 Å². The van der Waals surface area contributed by atoms with Crippen LogP contribution in [-0.4, -0.2) is 6.04 Å². The second kappa shape index (κ2) is 6.56. The van der Waals surface area contributed by atoms with E-state index in [0.717, 1.165) is 12.8 Å². The van der Waals surface area contributed by atoms with Crippen LogP contribution in [0.1, 0.15) is 28.1 Å². The van der Waals surface area contributed by atoms with E-state index in [4.69, 9.17) is 5.73 Å². The number of hydrogen-bond donors (Lipinski definition) is 1. The standard InChI is InChI=1S/C5H13N.Li.H/c1-3-5(6)4-2;;/h5H,3-4,6H2,1-2H3;;/q;+1;-1. The van der Waals surface area contributed by atoms with Gasteiger partial charge in [0, 0.05) is 6.04 Å². The van der Waals surface area contributed by atoms with Gasteiger partial charge < -0.3 is 7.16 Å². The molecule has 0 aliphatic carbocycles. The van der Waals surface area contributed by atoms with Gasteiger partial charge >= 0.3 is 18.9 Å². The van der Waals surface area contributed by atoms with E-state index in [2.05, 4.69) is 13.8 Å². The summed E-state index contributed by atoms with van der Waals surface area (Å²) in [6, 6.07) is 0.435. The maximum Gasteiger partial charge on any atom is 1.00 e. The largest absolute Gasteiger partial charge is 1.00 e. The Balaban J connectivity index is -0.000000125. The molecule has 0 saturated heterocycles. The van der Waals surface area contributed by atoms with E-state index in [0.29, 0.717) is 6.04 Å². The van der Waals surface area contributed by atoms with Crippen LogP contribution in [0.3, 0.4) is 0 Å². The van der Waals surface area contributed by atoms with Gasteiger partial charge in [-0.2, -0.15) is 0 Å². The zero-order valence-corrected chi connectivity index (χ0v) is 5.57. The second-order valence-electron chi connectivity index (χ2n) is 1.58. The van der Waals surface area contributed by atoms with Gasteiger partial charge in [-0.1, -0.05) is 13.8 Å². The Morgan fingerprint density at radius 3 is 1.71 bits per heavy atom. The van der Waals surface area contributed by atoms with Crippen LogP contribution in [0.15, 0.2) is 0 Å². The molecular weight excluding hydrogens is 81.0 g/mol. The van der Waals surface area contributed by atoms with Crippen LogP contribution < -0.4 is 24.6 Å². The Hall–Kier alpha value is 0.557. The summed E-state index contributed by atoms with van der Waals surface area (Å²) in [6.07, 6.45) is 2.22. The predicted octanol–water partition coefficient (Wildman–Crippen LogP) is -1.75. The first-order valence-electron chi connectivity index (χ1n) is 2.56. The summed E-state index contributed by atoms with van der Waals surface area (Å²) in [5.41, 5.74) is 5.47. The van der Waals surface area contributed by atoms with Gasteiger partial charge in [0.2, 0.25) is 0 Å². The van der Waals surface area contributed by atoms with Crippen LogP contribution in [0.5, 0.6) is 0 Å². The van der Waals surface area contributed by atoms with Gasteiger partial charge in [-0.05, 0) is 12.8 Å². The van der Waals surface area contributed by atoms with Crippen molar-refractivity contribution in [2.24, 2.45) is 5.73 Å². The molecule has 0 radical (unpaired) electrons. The molecule has 0 bridgehead atoms. The second-order valence-corrected chi connectivity index (χ2v) is 1.58. The van der Waals surface area contributed by atoms with Crippen molar-refractivity contribution in [2.45, 2.75) is 32.7 Å². The molecule has 0 atom stereocenters. The normalized spacial score (nSPS) is 8.57. The molecule has 0 heterocycles. The average Bonchev–Trinajstić information content (AvgIpc) is 1.65. The minimum Gasteiger partial charge on any atom is -1.00 e. The van der Waals surface area contributed by atoms with Gasteiger partial charge in [0.1, 0.15) is 0 Å². The van der Waals surface area contributed by atoms with Crippen molar-refractivity contribution in [1.82, 2.24) is 0 Å². The minimum absolute atomic E-state index is 0. The monoisotopic (exact) mass is 95.1 g/mol. The van der Waals surface area contributed by atoms with E-state index in [1.165, 1.54) is 0 Å². The number of rotatable bonds is 2. The first-order valence-corrected chi connectivity index (χ1v) is 2.56. The van der Waals surface area contributed by atoms with Crippen LogP contribution in [0.4, 0.5) is 0 Å². The predicted molar refractivity (Wildman–Crippen MR) is 29.7 cm³/mol. The Morgan fingerprint density at radius 2 is 1.71 bits per heavy atom. The summed E-state index contributed by atoms with van der Waals surface area (Å²) >= 11 is 0. The van der Waals surface area contributed by atoms with E-state index >= 15 is 0 Å². The fourth-order valence-electron chi connectivity index (χ4n) is 0.289. The summed E-state index contributed by atoms with van der Waals surface area (Å²) < 4.78 is 0. The maximum absolute atomic E-state index is 5.47. The molecule has 0 fully saturated rings. The molecule has 2 heteroatoms. The van der Waals surface area contributed by atoms with Crippen LogP contribution in [0, 0.1) is 0 Å². The molecule has 2 N–H and O–H groups in total. The summed E-state index contributed by atoms with van der Waals surface area (Å²) in [4.78, 5) is 0. The molecule has 40 valence electrons. The third-order valence-electron chi connectivity index (χ3n) is 1.05. The fraction of sp³-hybridized carbons (Fsp3) is 1.00. The van der Waals surface area contributed by atoms with E-state index in [9.17, 15) is 0 Å². The van der Waals surface area contributed by atoms with Crippen LogP contribution in [-0.2, 0) is 0 Å². The summed E-state index contributed by atoms with van der Waals surface area (Å²) in [5.74, 6) is 0. The van der Waals surface area contributed by atoms with Crippen molar-refractivity contribution in [1.29, 1.82) is 0 Å². The van der Waals surface area contributed by atoms with Gasteiger partial charge in [0.15, 0.2) is 0 Å². The minimum atomic E-state index is 0. The van der Waals surface area contributed by atoms with E-state index in [1.54, 1.807) is 0 Å². The molecule has 0 saturated carbocycles. The molecule has 0 aromatic carbocycles. The number of nitrogens with two attached hydrogens (primary N) is 1. The Bertz CT molecular complexity index is 31.6. The van der Waals surface area contributed by atoms with Crippen molar-refractivity contribution in [3.05, 3.63) is 0 Å². The topological polar surface area (TPSA) is 26.0 Å². The Morgan fingerprint density at radius 1 is 1.43 bits per heavy atom. The van der Waals surface area contributed by atoms with Crippen LogP contribution in [0.25, 0.3) is 0 Å². The number of hydrogen-bond acceptors (Lipinski definition) is 1. The quantitative estimate of drug-likeness (QED) is 0.404. The molecule has 0 aliphatic rings. The van der Waals surface area contributed by atoms with Crippen molar-refractivity contribution in [3.63, 3.8) is 0 Å². The molecule has 0 amide bonds. The van der Waals surface area contributed by atoms with Gasteiger partial charge in [0.05, 0.1) is 0 Å². The Kier molecular flexibility index (Phi) is 9.86. The molecule has 0 aromatic heterocycles. The third-order valence-corrected chi connectivity index (χ3v) is 1.05. The molecule has 7 heavy (non-hydrogen) atoms. The first kappa shape index (κ1) is 10.5. The third kappa shape index (κ3) is 6.56. The molecule has 0 aromatic rings. The molecule has 0 rings (SSSR count). The maximum atomic E-state index is 5.47. The van der Waals surface area contributed by atoms with Gasteiger partial charge in [-0.15, -0.1) is 0 Å². The van der Waals surface area contributed by atoms with Crippen molar-refractivity contribution >= 4 is 0 Å². The first-order chi connectivity index (χ1) is 2.81. The average molecular weight is 95.1 g/mol. The van der Waals surface area contributed by atoms with Gasteiger partial charge in [0.25, 0.3) is 0 Å². The van der Waals surface area contributed by atoms with E-state index in [1.807, 2.05) is 0 Å². The zero-order chi connectivity index (χ0) is 4.99. The Labute approximate surface area is 59.3 Å². The molecule has 0 unspecified atom stereocenters. The van der Waals surface area contributed by atoms with Crippen LogP contribution in [0.2, 0.25) is 0 Å². The molecular formula is C5H14LiN. The fourth-order valence-corrected chi connectivity index (χ4v) is 0.289. The van der Waals surface area contributed by atoms with E-state index < -0.39 is 0 Å². The molecule has 0 aliphatic heterocycles. The summed E-state index contributed by atoms with van der Waals surface area (Å²) in [7, 11) is 0. The SMILES string of the molecule is CCC(N)CC.[H-].[Li+]. The summed E-state index contributed by atoms with van der Waals surface area (Å²) in [6.45, 7) is 4.21. The summed E-state index contributed by atoms with van der Waals surface area (Å²) in [5, 5.41) is 0. The van der Waals surface area contributed by atoms with Crippen molar-refractivity contribution < 1.29 is 20.3 Å². The zero-order valence-electron chi connectivity index (χ0n) is 6.57. The van der Waals surface area contributed by atoms with E-state index in [-0.39, 0.29) is 20.3 Å². The molecule has 1 nitrogen and oxygen atoms in total. The van der Waals surface area contributed by atoms with Crippen molar-refractivity contribution in [3.8, 4) is 0 Å². The smallest absolute Gasteiger partial charge is 1.00 e. The molecule has 0 spiro atoms. The van der Waals surface area contributed by atoms with Crippen molar-refractivity contribution in [2.75, 3.05) is 0 Å². The van der Waals surface area contributed by atoms with Crippen LogP contribution >= 0.6 is 0 Å². The van der Waals surface area contributed by atoms with Gasteiger partial charge in [-0.3, -0.25) is 0 Å².